The molecule has 1 unspecified atom stereocenters. The van der Waals surface area contributed by atoms with Gasteiger partial charge in [0.15, 0.2) is 12.1 Å². The summed E-state index contributed by atoms with van der Waals surface area (Å²) in [6.07, 6.45) is -0.211. The van der Waals surface area contributed by atoms with Crippen LogP contribution in [0.2, 0.25) is 0 Å². The summed E-state index contributed by atoms with van der Waals surface area (Å²) in [5.74, 6) is -2.24. The number of esters is 1. The minimum Gasteiger partial charge on any atom is -0.462 e. The number of hydrogen-bond donors (Lipinski definition) is 2. The molecule has 3 rings (SSSR count). The highest BCUT2D eigenvalue weighted by Gasteiger charge is 2.47. The maximum absolute atomic E-state index is 13.1. The molecule has 3 heterocycles. The number of allylic oxidation sites excluding steroid dienone is 1. The Hall–Kier alpha value is -1.69. The number of ether oxygens (including phenoxy) is 4. The summed E-state index contributed by atoms with van der Waals surface area (Å²) in [6, 6.07) is -0.248. The predicted octanol–water partition coefficient (Wildman–Crippen LogP) is 2.53. The highest BCUT2D eigenvalue weighted by molar-refractivity contribution is 5.91. The molecule has 14 atom stereocenters. The number of fused-ring (bicyclic) bond motifs is 1. The highest BCUT2D eigenvalue weighted by Crippen LogP contribution is 2.37. The van der Waals surface area contributed by atoms with E-state index in [1.54, 1.807) is 13.0 Å². The summed E-state index contributed by atoms with van der Waals surface area (Å²) in [6.45, 7) is 11.4. The van der Waals surface area contributed by atoms with Crippen molar-refractivity contribution in [3.05, 3.63) is 12.2 Å². The number of likely N-dealkylation sites (N-methyl/N-ethyl adjacent to an activating group) is 1. The monoisotopic (exact) mass is 581 g/mol. The van der Waals surface area contributed by atoms with Crippen LogP contribution in [0.4, 0.5) is 0 Å². The molecule has 0 aliphatic carbocycles. The van der Waals surface area contributed by atoms with E-state index in [0.29, 0.717) is 12.8 Å². The van der Waals surface area contributed by atoms with Crippen LogP contribution < -0.4 is 0 Å². The van der Waals surface area contributed by atoms with Gasteiger partial charge in [-0.2, -0.15) is 0 Å². The molecular formula is C31H51NO9. The smallest absolute Gasteiger partial charge is 0.308 e. The van der Waals surface area contributed by atoms with E-state index in [0.717, 1.165) is 6.29 Å². The van der Waals surface area contributed by atoms with Crippen molar-refractivity contribution in [2.24, 2.45) is 29.6 Å². The van der Waals surface area contributed by atoms with Gasteiger partial charge in [-0.1, -0.05) is 34.6 Å². The Balaban J connectivity index is 1.94. The molecule has 0 saturated carbocycles. The first kappa shape index (κ1) is 33.8. The van der Waals surface area contributed by atoms with Crippen LogP contribution in [0.15, 0.2) is 12.2 Å². The number of rotatable bonds is 6. The molecule has 3 aliphatic heterocycles. The maximum Gasteiger partial charge on any atom is 0.308 e. The fourth-order valence-electron chi connectivity index (χ4n) is 6.57. The third kappa shape index (κ3) is 8.24. The number of epoxide rings is 1. The van der Waals surface area contributed by atoms with Gasteiger partial charge in [0.1, 0.15) is 24.6 Å². The minimum atomic E-state index is -1.15. The Kier molecular flexibility index (Phi) is 12.1. The lowest BCUT2D eigenvalue weighted by atomic mass is 9.79. The van der Waals surface area contributed by atoms with Crippen LogP contribution in [0, 0.1) is 29.6 Å². The standard InChI is InChI=1S/C31H51NO9/c1-9-24-19(5)30-25(40-30)11-10-22(34)16(2)14-21(12-13-33)29(18(4)23(35)15-26(36)39-24)41-31-28(37)27(32(7)8)17(3)20(6)38-31/h10-11,13,16-21,23-25,27-31,35,37H,9,12,14-15H2,1-8H3/b11-10+/t16-,17-,18+,19-,20-,21-,23-,24-,25?,27+,28-,29-,30+,31+/m1/s1. The van der Waals surface area contributed by atoms with Gasteiger partial charge in [-0.05, 0) is 51.9 Å². The lowest BCUT2D eigenvalue weighted by molar-refractivity contribution is -0.294. The van der Waals surface area contributed by atoms with Gasteiger partial charge in [0.05, 0.1) is 30.8 Å². The number of carbonyl (C=O) groups is 3. The van der Waals surface area contributed by atoms with E-state index in [2.05, 4.69) is 0 Å². The van der Waals surface area contributed by atoms with Gasteiger partial charge in [-0.25, -0.2) is 0 Å². The molecule has 0 amide bonds. The molecule has 0 radical (unpaired) electrons. The topological polar surface area (TPSA) is 135 Å². The van der Waals surface area contributed by atoms with Crippen molar-refractivity contribution in [1.82, 2.24) is 4.90 Å². The Labute approximate surface area is 244 Å². The number of carbonyl (C=O) groups excluding carboxylic acids is 3. The molecule has 0 spiro atoms. The average Bonchev–Trinajstić information content (AvgIpc) is 3.69. The van der Waals surface area contributed by atoms with E-state index < -0.39 is 54.4 Å². The molecule has 2 N–H and O–H groups in total. The third-order valence-corrected chi connectivity index (χ3v) is 9.45. The maximum atomic E-state index is 13.1. The molecule has 41 heavy (non-hydrogen) atoms. The Morgan fingerprint density at radius 1 is 1.05 bits per heavy atom. The van der Waals surface area contributed by atoms with E-state index >= 15 is 0 Å². The molecule has 0 bridgehead atoms. The van der Waals surface area contributed by atoms with Crippen molar-refractivity contribution in [3.8, 4) is 0 Å². The summed E-state index contributed by atoms with van der Waals surface area (Å²) in [5.41, 5.74) is 0. The highest BCUT2D eigenvalue weighted by atomic mass is 16.7. The van der Waals surface area contributed by atoms with Gasteiger partial charge in [-0.15, -0.1) is 0 Å². The molecule has 2 fully saturated rings. The average molecular weight is 582 g/mol. The van der Waals surface area contributed by atoms with Gasteiger partial charge >= 0.3 is 5.97 Å². The number of nitrogens with zero attached hydrogens (tertiary/aromatic N) is 1. The summed E-state index contributed by atoms with van der Waals surface area (Å²) >= 11 is 0. The fraction of sp³-hybridized carbons (Fsp3) is 0.839. The van der Waals surface area contributed by atoms with Gasteiger partial charge < -0.3 is 38.9 Å². The second-order valence-corrected chi connectivity index (χ2v) is 12.7. The molecule has 10 nitrogen and oxygen atoms in total. The first-order valence-corrected chi connectivity index (χ1v) is 15.1. The number of hydrogen-bond acceptors (Lipinski definition) is 10. The number of aliphatic hydroxyl groups excluding tert-OH is 2. The van der Waals surface area contributed by atoms with Crippen molar-refractivity contribution in [2.45, 2.75) is 122 Å². The first-order chi connectivity index (χ1) is 19.3. The predicted molar refractivity (Wildman–Crippen MR) is 152 cm³/mol. The lowest BCUT2D eigenvalue weighted by Crippen LogP contribution is -2.60. The third-order valence-electron chi connectivity index (χ3n) is 9.45. The van der Waals surface area contributed by atoms with E-state index in [4.69, 9.17) is 18.9 Å². The minimum absolute atomic E-state index is 0.0220. The summed E-state index contributed by atoms with van der Waals surface area (Å²) in [7, 11) is 3.78. The Bertz CT molecular complexity index is 925. The quantitative estimate of drug-likeness (QED) is 0.274. The number of aliphatic hydroxyl groups is 2. The van der Waals surface area contributed by atoms with Crippen LogP contribution >= 0.6 is 0 Å². The van der Waals surface area contributed by atoms with Crippen molar-refractivity contribution < 1.29 is 43.5 Å². The van der Waals surface area contributed by atoms with Gasteiger partial charge in [0.2, 0.25) is 0 Å². The van der Waals surface area contributed by atoms with Crippen LogP contribution in [0.5, 0.6) is 0 Å². The van der Waals surface area contributed by atoms with Crippen LogP contribution in [-0.2, 0) is 33.3 Å². The van der Waals surface area contributed by atoms with E-state index in [-0.39, 0.29) is 54.8 Å². The first-order valence-electron chi connectivity index (χ1n) is 15.1. The summed E-state index contributed by atoms with van der Waals surface area (Å²) < 4.78 is 24.1. The van der Waals surface area contributed by atoms with Crippen LogP contribution in [0.25, 0.3) is 0 Å². The molecule has 234 valence electrons. The second-order valence-electron chi connectivity index (χ2n) is 12.7. The summed E-state index contributed by atoms with van der Waals surface area (Å²) in [5, 5.41) is 22.6. The van der Waals surface area contributed by atoms with Crippen molar-refractivity contribution >= 4 is 18.0 Å². The van der Waals surface area contributed by atoms with E-state index in [1.165, 1.54) is 6.08 Å². The number of aldehydes is 1. The Morgan fingerprint density at radius 3 is 2.34 bits per heavy atom. The van der Waals surface area contributed by atoms with E-state index in [9.17, 15) is 24.6 Å². The van der Waals surface area contributed by atoms with Crippen LogP contribution in [-0.4, -0.2) is 102 Å². The largest absolute Gasteiger partial charge is 0.462 e. The van der Waals surface area contributed by atoms with Gasteiger partial charge in [0.25, 0.3) is 0 Å². The van der Waals surface area contributed by atoms with Crippen molar-refractivity contribution in [1.29, 1.82) is 0 Å². The Morgan fingerprint density at radius 2 is 1.73 bits per heavy atom. The molecule has 0 aromatic heterocycles. The normalized spacial score (nSPS) is 45.5. The summed E-state index contributed by atoms with van der Waals surface area (Å²) in [4.78, 5) is 39.9. The van der Waals surface area contributed by atoms with Crippen LogP contribution in [0.3, 0.4) is 0 Å². The molecule has 10 heteroatoms. The van der Waals surface area contributed by atoms with Crippen LogP contribution in [0.1, 0.15) is 67.2 Å². The molecule has 2 saturated heterocycles. The van der Waals surface area contributed by atoms with Crippen molar-refractivity contribution in [3.63, 3.8) is 0 Å². The van der Waals surface area contributed by atoms with E-state index in [1.807, 2.05) is 53.6 Å². The molecule has 0 aromatic rings. The zero-order valence-electron chi connectivity index (χ0n) is 25.8. The molecule has 3 aliphatic rings. The van der Waals surface area contributed by atoms with Crippen molar-refractivity contribution in [2.75, 3.05) is 14.1 Å². The number of cyclic esters (lactones) is 1. The molecular weight excluding hydrogens is 530 g/mol. The molecule has 0 aromatic carbocycles. The fourth-order valence-corrected chi connectivity index (χ4v) is 6.57. The zero-order chi connectivity index (χ0) is 30.6. The van der Waals surface area contributed by atoms with Gasteiger partial charge in [-0.3, -0.25) is 9.59 Å². The zero-order valence-corrected chi connectivity index (χ0v) is 25.8. The lowest BCUT2D eigenvalue weighted by Gasteiger charge is -2.47. The SMILES string of the molecule is CC[C@H]1OC(=O)C[C@@H](O)[C@H](C)[C@@H](O[C@@H]2O[C@H](C)[C@@H](C)[C@H](N(C)C)[C@H]2O)[C@H](CC=O)C[C@@H](C)C(=O)/C=C/C2O[C@H]2[C@@H]1C. The second kappa shape index (κ2) is 14.7. The van der Waals surface area contributed by atoms with Gasteiger partial charge in [0, 0.05) is 36.1 Å². The number of ketones is 1.